The summed E-state index contributed by atoms with van der Waals surface area (Å²) in [6.07, 6.45) is 0. The van der Waals surface area contributed by atoms with E-state index in [2.05, 4.69) is 15.9 Å². The monoisotopic (exact) mass is 389 g/mol. The van der Waals surface area contributed by atoms with Gasteiger partial charge in [-0.15, -0.1) is 11.3 Å². The molecule has 1 aromatic heterocycles. The number of thiophene rings is 1. The van der Waals surface area contributed by atoms with E-state index in [0.29, 0.717) is 21.8 Å². The quantitative estimate of drug-likeness (QED) is 0.824. The molecule has 1 heterocycles. The number of aliphatic hydroxyl groups is 1. The van der Waals surface area contributed by atoms with Gasteiger partial charge in [0.25, 0.3) is 0 Å². The highest BCUT2D eigenvalue weighted by Gasteiger charge is 2.27. The molecule has 21 heavy (non-hydrogen) atoms. The lowest BCUT2D eigenvalue weighted by molar-refractivity contribution is 0.285. The Bertz CT molecular complexity index is 698. The zero-order valence-corrected chi connectivity index (χ0v) is 14.7. The van der Waals surface area contributed by atoms with E-state index in [0.717, 1.165) is 5.56 Å². The Morgan fingerprint density at radius 2 is 1.95 bits per heavy atom. The van der Waals surface area contributed by atoms with E-state index in [9.17, 15) is 8.42 Å². The number of nitrogens with zero attached hydrogens (tertiary/aromatic N) is 1. The predicted molar refractivity (Wildman–Crippen MR) is 87.7 cm³/mol. The van der Waals surface area contributed by atoms with Gasteiger partial charge in [0.2, 0.25) is 10.0 Å². The average Bonchev–Trinajstić information content (AvgIpc) is 2.87. The summed E-state index contributed by atoms with van der Waals surface area (Å²) in [5.74, 6) is 0. The molecule has 1 aromatic carbocycles. The highest BCUT2D eigenvalue weighted by atomic mass is 79.9. The zero-order chi connectivity index (χ0) is 15.5. The molecule has 0 bridgehead atoms. The summed E-state index contributed by atoms with van der Waals surface area (Å²) in [7, 11) is -3.58. The molecule has 0 saturated carbocycles. The van der Waals surface area contributed by atoms with Gasteiger partial charge in [-0.1, -0.05) is 37.3 Å². The van der Waals surface area contributed by atoms with Crippen LogP contribution in [0.4, 0.5) is 0 Å². The van der Waals surface area contributed by atoms with Crippen LogP contribution in [0, 0.1) is 0 Å². The van der Waals surface area contributed by atoms with Crippen LogP contribution < -0.4 is 0 Å². The molecule has 0 aliphatic carbocycles. The molecule has 0 radical (unpaired) electrons. The van der Waals surface area contributed by atoms with Crippen molar-refractivity contribution in [1.29, 1.82) is 0 Å². The second-order valence-electron chi connectivity index (χ2n) is 4.43. The Balaban J connectivity index is 2.33. The zero-order valence-electron chi connectivity index (χ0n) is 11.5. The number of aliphatic hydroxyl groups excluding tert-OH is 1. The molecular formula is C14H16BrNO3S2. The van der Waals surface area contributed by atoms with Crippen molar-refractivity contribution in [3.8, 4) is 0 Å². The van der Waals surface area contributed by atoms with Crippen LogP contribution in [0.2, 0.25) is 0 Å². The van der Waals surface area contributed by atoms with Crippen molar-refractivity contribution in [3.05, 3.63) is 50.6 Å². The third-order valence-corrected chi connectivity index (χ3v) is 7.19. The predicted octanol–water partition coefficient (Wildman–Crippen LogP) is 3.21. The molecule has 2 aromatic rings. The lowest BCUT2D eigenvalue weighted by Gasteiger charge is -2.20. The minimum atomic E-state index is -3.58. The summed E-state index contributed by atoms with van der Waals surface area (Å²) in [5, 5.41) is 9.15. The first-order chi connectivity index (χ1) is 9.98. The maximum Gasteiger partial charge on any atom is 0.245 e. The molecule has 0 atom stereocenters. The number of hydrogen-bond donors (Lipinski definition) is 1. The molecular weight excluding hydrogens is 374 g/mol. The number of hydrogen-bond acceptors (Lipinski definition) is 4. The van der Waals surface area contributed by atoms with Crippen LogP contribution in [0.15, 0.2) is 45.1 Å². The Hall–Kier alpha value is -0.730. The van der Waals surface area contributed by atoms with E-state index >= 15 is 0 Å². The van der Waals surface area contributed by atoms with Gasteiger partial charge < -0.3 is 5.11 Å². The highest BCUT2D eigenvalue weighted by molar-refractivity contribution is 9.11. The fraction of sp³-hybridized carbons (Fsp3) is 0.286. The maximum atomic E-state index is 12.7. The van der Waals surface area contributed by atoms with Gasteiger partial charge in [0.1, 0.15) is 4.90 Å². The Kier molecular flexibility index (Phi) is 5.56. The lowest BCUT2D eigenvalue weighted by atomic mass is 10.2. The smallest absolute Gasteiger partial charge is 0.245 e. The molecule has 4 nitrogen and oxygen atoms in total. The minimum Gasteiger partial charge on any atom is -0.391 e. The van der Waals surface area contributed by atoms with Crippen LogP contribution in [0.3, 0.4) is 0 Å². The molecule has 0 spiro atoms. The Morgan fingerprint density at radius 1 is 1.29 bits per heavy atom. The molecule has 0 aliphatic heterocycles. The molecule has 0 saturated heterocycles. The van der Waals surface area contributed by atoms with Crippen LogP contribution in [0.25, 0.3) is 0 Å². The molecule has 0 unspecified atom stereocenters. The minimum absolute atomic E-state index is 0.163. The third-order valence-electron chi connectivity index (χ3n) is 3.03. The van der Waals surface area contributed by atoms with Crippen molar-refractivity contribution in [3.63, 3.8) is 0 Å². The normalized spacial score (nSPS) is 12.0. The van der Waals surface area contributed by atoms with Crippen molar-refractivity contribution >= 4 is 37.3 Å². The topological polar surface area (TPSA) is 57.6 Å². The Morgan fingerprint density at radius 3 is 2.48 bits per heavy atom. The lowest BCUT2D eigenvalue weighted by Crippen LogP contribution is -2.30. The van der Waals surface area contributed by atoms with Gasteiger partial charge >= 0.3 is 0 Å². The number of rotatable bonds is 6. The molecule has 7 heteroatoms. The summed E-state index contributed by atoms with van der Waals surface area (Å²) >= 11 is 4.51. The van der Waals surface area contributed by atoms with E-state index < -0.39 is 10.0 Å². The summed E-state index contributed by atoms with van der Waals surface area (Å²) < 4.78 is 27.4. The first kappa shape index (κ1) is 16.6. The number of benzene rings is 1. The van der Waals surface area contributed by atoms with Gasteiger partial charge in [0.15, 0.2) is 0 Å². The first-order valence-corrected chi connectivity index (χ1v) is 9.47. The second kappa shape index (κ2) is 7.02. The van der Waals surface area contributed by atoms with Gasteiger partial charge in [-0.2, -0.15) is 4.31 Å². The van der Waals surface area contributed by atoms with Crippen LogP contribution in [0.5, 0.6) is 0 Å². The van der Waals surface area contributed by atoms with Gasteiger partial charge in [0, 0.05) is 18.0 Å². The number of sulfonamides is 1. The van der Waals surface area contributed by atoms with Crippen molar-refractivity contribution in [2.45, 2.75) is 25.0 Å². The highest BCUT2D eigenvalue weighted by Crippen LogP contribution is 2.34. The van der Waals surface area contributed by atoms with Gasteiger partial charge in [-0.3, -0.25) is 0 Å². The van der Waals surface area contributed by atoms with Crippen LogP contribution in [-0.4, -0.2) is 24.4 Å². The maximum absolute atomic E-state index is 12.7. The van der Waals surface area contributed by atoms with Gasteiger partial charge in [-0.25, -0.2) is 8.42 Å². The van der Waals surface area contributed by atoms with E-state index in [1.165, 1.54) is 21.7 Å². The van der Waals surface area contributed by atoms with Crippen molar-refractivity contribution in [2.24, 2.45) is 0 Å². The molecule has 0 fully saturated rings. The second-order valence-corrected chi connectivity index (χ2v) is 8.79. The molecule has 0 amide bonds. The van der Waals surface area contributed by atoms with Crippen LogP contribution in [0.1, 0.15) is 17.4 Å². The number of halogens is 1. The fourth-order valence-electron chi connectivity index (χ4n) is 1.94. The van der Waals surface area contributed by atoms with Crippen LogP contribution >= 0.6 is 27.3 Å². The van der Waals surface area contributed by atoms with Crippen LogP contribution in [-0.2, 0) is 23.2 Å². The molecule has 1 N–H and O–H groups in total. The standard InChI is InChI=1S/C14H16BrNO3S2/c1-2-16(9-11-6-4-3-5-7-11)21(18,19)13-8-12(10-17)20-14(13)15/h3-8,17H,2,9-10H2,1H3. The first-order valence-electron chi connectivity index (χ1n) is 6.42. The van der Waals surface area contributed by atoms with E-state index in [1.54, 1.807) is 0 Å². The third kappa shape index (κ3) is 3.73. The van der Waals surface area contributed by atoms with Gasteiger partial charge in [-0.05, 0) is 27.6 Å². The Labute approximate surface area is 137 Å². The van der Waals surface area contributed by atoms with E-state index in [-0.39, 0.29) is 11.5 Å². The summed E-state index contributed by atoms with van der Waals surface area (Å²) in [4.78, 5) is 0.838. The van der Waals surface area contributed by atoms with Crippen molar-refractivity contribution in [2.75, 3.05) is 6.54 Å². The molecule has 2 rings (SSSR count). The SMILES string of the molecule is CCN(Cc1ccccc1)S(=O)(=O)c1cc(CO)sc1Br. The largest absolute Gasteiger partial charge is 0.391 e. The van der Waals surface area contributed by atoms with E-state index in [4.69, 9.17) is 5.11 Å². The van der Waals surface area contributed by atoms with E-state index in [1.807, 2.05) is 37.3 Å². The average molecular weight is 390 g/mol. The fourth-order valence-corrected chi connectivity index (χ4v) is 5.87. The molecule has 0 aliphatic rings. The van der Waals surface area contributed by atoms with Gasteiger partial charge in [0.05, 0.1) is 10.4 Å². The van der Waals surface area contributed by atoms with Crippen molar-refractivity contribution < 1.29 is 13.5 Å². The molecule has 114 valence electrons. The van der Waals surface area contributed by atoms with Crippen molar-refractivity contribution in [1.82, 2.24) is 4.31 Å². The summed E-state index contributed by atoms with van der Waals surface area (Å²) in [6.45, 7) is 2.36. The summed E-state index contributed by atoms with van der Waals surface area (Å²) in [6, 6.07) is 11.0. The summed E-state index contributed by atoms with van der Waals surface area (Å²) in [5.41, 5.74) is 0.941.